The van der Waals surface area contributed by atoms with Crippen molar-refractivity contribution in [2.75, 3.05) is 46.9 Å². The van der Waals surface area contributed by atoms with Crippen molar-refractivity contribution in [3.8, 4) is 5.75 Å². The number of ether oxygens (including phenoxy) is 1. The molecule has 1 atom stereocenters. The molecule has 25 heavy (non-hydrogen) atoms. The Kier molecular flexibility index (Phi) is 8.06. The van der Waals surface area contributed by atoms with Crippen molar-refractivity contribution in [2.24, 2.45) is 10.9 Å². The molecule has 0 aromatic heterocycles. The Hall–Kier alpha value is -1.75. The predicted octanol–water partition coefficient (Wildman–Crippen LogP) is 2.82. The lowest BCUT2D eigenvalue weighted by Crippen LogP contribution is -2.46. The van der Waals surface area contributed by atoms with Gasteiger partial charge >= 0.3 is 0 Å². The summed E-state index contributed by atoms with van der Waals surface area (Å²) in [6.07, 6.45) is 2.56. The Bertz CT molecular complexity index is 544. The van der Waals surface area contributed by atoms with Gasteiger partial charge in [-0.15, -0.1) is 0 Å². The second-order valence-corrected chi connectivity index (χ2v) is 7.12. The lowest BCUT2D eigenvalue weighted by molar-refractivity contribution is 0.259. The fourth-order valence-electron chi connectivity index (χ4n) is 3.08. The summed E-state index contributed by atoms with van der Waals surface area (Å²) in [5.74, 6) is 2.70. The highest BCUT2D eigenvalue weighted by Crippen LogP contribution is 2.20. The molecule has 0 amide bonds. The van der Waals surface area contributed by atoms with Crippen LogP contribution in [0, 0.1) is 5.92 Å². The number of likely N-dealkylation sites (tertiary alicyclic amines) is 1. The molecular formula is C20H34N4O. The van der Waals surface area contributed by atoms with Gasteiger partial charge in [0, 0.05) is 31.7 Å². The van der Waals surface area contributed by atoms with Gasteiger partial charge in [-0.05, 0) is 45.8 Å². The van der Waals surface area contributed by atoms with Crippen molar-refractivity contribution in [2.45, 2.75) is 33.2 Å². The van der Waals surface area contributed by atoms with Gasteiger partial charge in [-0.2, -0.15) is 0 Å². The molecule has 140 valence electrons. The zero-order chi connectivity index (χ0) is 18.1. The normalized spacial score (nSPS) is 18.5. The zero-order valence-corrected chi connectivity index (χ0v) is 16.3. The van der Waals surface area contributed by atoms with Crippen LogP contribution in [0.3, 0.4) is 0 Å². The molecule has 1 heterocycles. The van der Waals surface area contributed by atoms with Crippen LogP contribution in [0.1, 0.15) is 32.3 Å². The zero-order valence-electron chi connectivity index (χ0n) is 16.3. The Morgan fingerprint density at radius 1 is 1.36 bits per heavy atom. The Balaban J connectivity index is 2.04. The van der Waals surface area contributed by atoms with Crippen LogP contribution in [0.25, 0.3) is 0 Å². The Morgan fingerprint density at radius 2 is 2.16 bits per heavy atom. The van der Waals surface area contributed by atoms with Crippen molar-refractivity contribution < 1.29 is 4.74 Å². The summed E-state index contributed by atoms with van der Waals surface area (Å²) < 4.78 is 5.96. The minimum Gasteiger partial charge on any atom is -0.492 e. The van der Waals surface area contributed by atoms with E-state index < -0.39 is 0 Å². The fraction of sp³-hybridized carbons (Fsp3) is 0.650. The van der Waals surface area contributed by atoms with Crippen LogP contribution in [0.15, 0.2) is 29.3 Å². The first-order chi connectivity index (χ1) is 12.1. The Morgan fingerprint density at radius 3 is 2.88 bits per heavy atom. The molecule has 1 unspecified atom stereocenters. The maximum absolute atomic E-state index is 5.96. The average Bonchev–Trinajstić information content (AvgIpc) is 2.59. The van der Waals surface area contributed by atoms with E-state index in [2.05, 4.69) is 55.2 Å². The van der Waals surface area contributed by atoms with Gasteiger partial charge < -0.3 is 19.9 Å². The van der Waals surface area contributed by atoms with Gasteiger partial charge in [-0.3, -0.25) is 0 Å². The number of nitrogens with one attached hydrogen (secondary N) is 1. The van der Waals surface area contributed by atoms with E-state index in [0.29, 0.717) is 13.2 Å². The summed E-state index contributed by atoms with van der Waals surface area (Å²) >= 11 is 0. The summed E-state index contributed by atoms with van der Waals surface area (Å²) in [4.78, 5) is 9.41. The van der Waals surface area contributed by atoms with Gasteiger partial charge in [0.1, 0.15) is 12.4 Å². The summed E-state index contributed by atoms with van der Waals surface area (Å²) in [5.41, 5.74) is 1.14. The molecule has 0 saturated carbocycles. The SMILES string of the molecule is CCNC(=NCc1ccccc1OCCN(C)C)N1CCCC(C)C1. The van der Waals surface area contributed by atoms with Crippen LogP contribution >= 0.6 is 0 Å². The molecule has 2 rings (SSSR count). The summed E-state index contributed by atoms with van der Waals surface area (Å²) in [5, 5.41) is 3.45. The summed E-state index contributed by atoms with van der Waals surface area (Å²) in [6, 6.07) is 8.22. The van der Waals surface area contributed by atoms with Crippen LogP contribution in [0.2, 0.25) is 0 Å². The number of hydrogen-bond donors (Lipinski definition) is 1. The smallest absolute Gasteiger partial charge is 0.194 e. The minimum absolute atomic E-state index is 0.644. The Labute approximate surface area is 153 Å². The van der Waals surface area contributed by atoms with E-state index in [1.165, 1.54) is 12.8 Å². The third-order valence-corrected chi connectivity index (χ3v) is 4.46. The van der Waals surface area contributed by atoms with Gasteiger partial charge in [-0.25, -0.2) is 4.99 Å². The van der Waals surface area contributed by atoms with Crippen molar-refractivity contribution in [3.05, 3.63) is 29.8 Å². The number of aliphatic imine (C=N–C) groups is 1. The first-order valence-corrected chi connectivity index (χ1v) is 9.48. The number of hydrogen-bond acceptors (Lipinski definition) is 3. The first kappa shape index (κ1) is 19.6. The molecular weight excluding hydrogens is 312 g/mol. The minimum atomic E-state index is 0.644. The van der Waals surface area contributed by atoms with Crippen molar-refractivity contribution >= 4 is 5.96 Å². The highest BCUT2D eigenvalue weighted by atomic mass is 16.5. The monoisotopic (exact) mass is 346 g/mol. The molecule has 0 radical (unpaired) electrons. The van der Waals surface area contributed by atoms with Crippen molar-refractivity contribution in [1.29, 1.82) is 0 Å². The van der Waals surface area contributed by atoms with E-state index in [9.17, 15) is 0 Å². The number of nitrogens with zero attached hydrogens (tertiary/aromatic N) is 3. The molecule has 1 aliphatic rings. The predicted molar refractivity (Wildman–Crippen MR) is 105 cm³/mol. The highest BCUT2D eigenvalue weighted by Gasteiger charge is 2.19. The molecule has 1 aliphatic heterocycles. The second kappa shape index (κ2) is 10.3. The van der Waals surface area contributed by atoms with Gasteiger partial charge in [0.05, 0.1) is 6.54 Å². The van der Waals surface area contributed by atoms with E-state index in [-0.39, 0.29) is 0 Å². The standard InChI is InChI=1S/C20H34N4O/c1-5-21-20(24-12-8-9-17(2)16-24)22-15-18-10-6-7-11-19(18)25-14-13-23(3)4/h6-7,10-11,17H,5,8-9,12-16H2,1-4H3,(H,21,22). The molecule has 5 nitrogen and oxygen atoms in total. The number of likely N-dealkylation sites (N-methyl/N-ethyl adjacent to an activating group) is 1. The average molecular weight is 347 g/mol. The van der Waals surface area contributed by atoms with Gasteiger partial charge in [-0.1, -0.05) is 25.1 Å². The van der Waals surface area contributed by atoms with Crippen molar-refractivity contribution in [3.63, 3.8) is 0 Å². The summed E-state index contributed by atoms with van der Waals surface area (Å²) in [7, 11) is 4.11. The molecule has 5 heteroatoms. The molecule has 1 N–H and O–H groups in total. The third kappa shape index (κ3) is 6.58. The molecule has 1 aromatic carbocycles. The van der Waals surface area contributed by atoms with E-state index in [4.69, 9.17) is 9.73 Å². The molecule has 1 fully saturated rings. The third-order valence-electron chi connectivity index (χ3n) is 4.46. The number of guanidine groups is 1. The van der Waals surface area contributed by atoms with Crippen LogP contribution in [-0.4, -0.2) is 62.6 Å². The number of piperidine rings is 1. The largest absolute Gasteiger partial charge is 0.492 e. The number of benzene rings is 1. The van der Waals surface area contributed by atoms with E-state index in [1.54, 1.807) is 0 Å². The van der Waals surface area contributed by atoms with E-state index in [1.807, 2.05) is 12.1 Å². The molecule has 1 saturated heterocycles. The maximum Gasteiger partial charge on any atom is 0.194 e. The quantitative estimate of drug-likeness (QED) is 0.609. The topological polar surface area (TPSA) is 40.1 Å². The van der Waals surface area contributed by atoms with Crippen LogP contribution in [0.4, 0.5) is 0 Å². The van der Waals surface area contributed by atoms with Gasteiger partial charge in [0.25, 0.3) is 0 Å². The van der Waals surface area contributed by atoms with Crippen molar-refractivity contribution in [1.82, 2.24) is 15.1 Å². The number of para-hydroxylation sites is 1. The molecule has 0 aliphatic carbocycles. The maximum atomic E-state index is 5.96. The lowest BCUT2D eigenvalue weighted by atomic mass is 10.0. The number of rotatable bonds is 7. The van der Waals surface area contributed by atoms with Crippen LogP contribution in [-0.2, 0) is 6.54 Å². The fourth-order valence-corrected chi connectivity index (χ4v) is 3.08. The van der Waals surface area contributed by atoms with Gasteiger partial charge in [0.2, 0.25) is 0 Å². The highest BCUT2D eigenvalue weighted by molar-refractivity contribution is 5.80. The molecule has 1 aromatic rings. The van der Waals surface area contributed by atoms with Crippen LogP contribution < -0.4 is 10.1 Å². The van der Waals surface area contributed by atoms with Crippen LogP contribution in [0.5, 0.6) is 5.75 Å². The first-order valence-electron chi connectivity index (χ1n) is 9.48. The molecule has 0 bridgehead atoms. The second-order valence-electron chi connectivity index (χ2n) is 7.12. The summed E-state index contributed by atoms with van der Waals surface area (Å²) in [6.45, 7) is 9.77. The van der Waals surface area contributed by atoms with E-state index >= 15 is 0 Å². The lowest BCUT2D eigenvalue weighted by Gasteiger charge is -2.33. The van der Waals surface area contributed by atoms with Gasteiger partial charge in [0.15, 0.2) is 5.96 Å². The van der Waals surface area contributed by atoms with E-state index in [0.717, 1.165) is 49.4 Å². The molecule has 0 spiro atoms.